The Balaban J connectivity index is 2.60. The minimum Gasteiger partial charge on any atom is -0.465 e. The van der Waals surface area contributed by atoms with Crippen LogP contribution < -0.4 is 0 Å². The van der Waals surface area contributed by atoms with Crippen molar-refractivity contribution in [1.82, 2.24) is 4.98 Å². The van der Waals surface area contributed by atoms with Crippen molar-refractivity contribution in [2.45, 2.75) is 26.2 Å². The van der Waals surface area contributed by atoms with Gasteiger partial charge in [-0.1, -0.05) is 0 Å². The first-order chi connectivity index (χ1) is 7.98. The van der Waals surface area contributed by atoms with Gasteiger partial charge in [-0.2, -0.15) is 0 Å². The molecule has 94 valence electrons. The predicted octanol–water partition coefficient (Wildman–Crippen LogP) is 1.77. The summed E-state index contributed by atoms with van der Waals surface area (Å²) in [5.41, 5.74) is 1.14. The van der Waals surface area contributed by atoms with E-state index in [1.165, 1.54) is 13.3 Å². The van der Waals surface area contributed by atoms with Crippen molar-refractivity contribution >= 4 is 5.97 Å². The van der Waals surface area contributed by atoms with Crippen LogP contribution in [0.25, 0.3) is 0 Å². The van der Waals surface area contributed by atoms with E-state index in [1.807, 2.05) is 13.8 Å². The summed E-state index contributed by atoms with van der Waals surface area (Å²) in [6.45, 7) is 3.95. The molecule has 1 aromatic heterocycles. The summed E-state index contributed by atoms with van der Waals surface area (Å²) in [5.74, 6) is -1.05. The molecule has 0 aliphatic heterocycles. The lowest BCUT2D eigenvalue weighted by Crippen LogP contribution is -2.26. The fourth-order valence-corrected chi connectivity index (χ4v) is 1.06. The number of rotatable bonds is 5. The largest absolute Gasteiger partial charge is 0.465 e. The molecule has 5 nitrogen and oxygen atoms in total. The van der Waals surface area contributed by atoms with Gasteiger partial charge in [-0.3, -0.25) is 4.98 Å². The van der Waals surface area contributed by atoms with Crippen LogP contribution >= 0.6 is 0 Å². The number of ether oxygens (including phenoxy) is 3. The van der Waals surface area contributed by atoms with Crippen LogP contribution in [-0.4, -0.2) is 31.0 Å². The minimum atomic E-state index is -0.650. The molecule has 0 unspecified atom stereocenters. The van der Waals surface area contributed by atoms with Gasteiger partial charge in [0, 0.05) is 13.3 Å². The Hall–Kier alpha value is -1.46. The second-order valence-electron chi connectivity index (χ2n) is 3.92. The van der Waals surface area contributed by atoms with Crippen molar-refractivity contribution in [2.75, 3.05) is 14.2 Å². The number of pyridine rings is 1. The van der Waals surface area contributed by atoms with E-state index < -0.39 is 11.8 Å². The molecule has 0 aliphatic rings. The van der Waals surface area contributed by atoms with E-state index in [0.29, 0.717) is 12.2 Å². The van der Waals surface area contributed by atoms with E-state index in [-0.39, 0.29) is 0 Å². The van der Waals surface area contributed by atoms with Crippen molar-refractivity contribution in [3.8, 4) is 0 Å². The standard InChI is InChI=1S/C12H17NO4/c1-12(2,16-4)17-8-10-6-5-9(7-13-10)11(14)15-3/h5-7H,8H2,1-4H3. The predicted molar refractivity (Wildman–Crippen MR) is 61.5 cm³/mol. The van der Waals surface area contributed by atoms with Gasteiger partial charge in [0.1, 0.15) is 0 Å². The quantitative estimate of drug-likeness (QED) is 0.579. The van der Waals surface area contributed by atoms with Crippen LogP contribution in [0.4, 0.5) is 0 Å². The number of nitrogens with zero attached hydrogens (tertiary/aromatic N) is 1. The molecule has 5 heteroatoms. The van der Waals surface area contributed by atoms with Crippen LogP contribution in [-0.2, 0) is 20.8 Å². The Kier molecular flexibility index (Phi) is 4.60. The highest BCUT2D eigenvalue weighted by molar-refractivity contribution is 5.88. The number of carbonyl (C=O) groups is 1. The summed E-state index contributed by atoms with van der Waals surface area (Å²) < 4.78 is 15.2. The Morgan fingerprint density at radius 3 is 2.53 bits per heavy atom. The second kappa shape index (κ2) is 5.75. The van der Waals surface area contributed by atoms with Gasteiger partial charge in [0.25, 0.3) is 0 Å². The third kappa shape index (κ3) is 4.13. The molecule has 1 heterocycles. The van der Waals surface area contributed by atoms with Gasteiger partial charge in [0.15, 0.2) is 5.79 Å². The summed E-state index contributed by atoms with van der Waals surface area (Å²) >= 11 is 0. The van der Waals surface area contributed by atoms with Crippen LogP contribution in [0.15, 0.2) is 18.3 Å². The first-order valence-corrected chi connectivity index (χ1v) is 5.21. The molecular formula is C12H17NO4. The first-order valence-electron chi connectivity index (χ1n) is 5.21. The topological polar surface area (TPSA) is 57.7 Å². The van der Waals surface area contributed by atoms with Gasteiger partial charge in [0.2, 0.25) is 0 Å². The van der Waals surface area contributed by atoms with Crippen LogP contribution in [0.5, 0.6) is 0 Å². The molecule has 0 atom stereocenters. The maximum absolute atomic E-state index is 11.2. The molecule has 0 saturated heterocycles. The number of methoxy groups -OCH3 is 2. The Labute approximate surface area is 101 Å². The van der Waals surface area contributed by atoms with Crippen LogP contribution in [0, 0.1) is 0 Å². The number of hydrogen-bond donors (Lipinski definition) is 0. The number of esters is 1. The number of aromatic nitrogens is 1. The van der Waals surface area contributed by atoms with Crippen LogP contribution in [0.3, 0.4) is 0 Å². The Bertz CT molecular complexity index is 373. The van der Waals surface area contributed by atoms with Gasteiger partial charge >= 0.3 is 5.97 Å². The lowest BCUT2D eigenvalue weighted by Gasteiger charge is -2.22. The van der Waals surface area contributed by atoms with Crippen molar-refractivity contribution in [2.24, 2.45) is 0 Å². The number of hydrogen-bond acceptors (Lipinski definition) is 5. The van der Waals surface area contributed by atoms with Gasteiger partial charge in [-0.05, 0) is 26.0 Å². The van der Waals surface area contributed by atoms with E-state index in [1.54, 1.807) is 19.2 Å². The first kappa shape index (κ1) is 13.6. The maximum atomic E-state index is 11.2. The van der Waals surface area contributed by atoms with Crippen molar-refractivity contribution in [3.63, 3.8) is 0 Å². The molecule has 0 aliphatic carbocycles. The van der Waals surface area contributed by atoms with Crippen LogP contribution in [0.1, 0.15) is 29.9 Å². The maximum Gasteiger partial charge on any atom is 0.339 e. The SMILES string of the molecule is COC(=O)c1ccc(COC(C)(C)OC)nc1. The zero-order valence-electron chi connectivity index (χ0n) is 10.5. The van der Waals surface area contributed by atoms with Gasteiger partial charge < -0.3 is 14.2 Å². The Morgan fingerprint density at radius 2 is 2.06 bits per heavy atom. The second-order valence-corrected chi connectivity index (χ2v) is 3.92. The molecule has 1 aromatic rings. The van der Waals surface area contributed by atoms with E-state index in [0.717, 1.165) is 5.69 Å². The molecule has 17 heavy (non-hydrogen) atoms. The average molecular weight is 239 g/mol. The van der Waals surface area contributed by atoms with Crippen molar-refractivity contribution < 1.29 is 19.0 Å². The van der Waals surface area contributed by atoms with E-state index in [2.05, 4.69) is 9.72 Å². The summed E-state index contributed by atoms with van der Waals surface area (Å²) in [5, 5.41) is 0. The summed E-state index contributed by atoms with van der Waals surface area (Å²) in [6.07, 6.45) is 1.46. The molecule has 1 rings (SSSR count). The number of carbonyl (C=O) groups excluding carboxylic acids is 1. The van der Waals surface area contributed by atoms with Crippen LogP contribution in [0.2, 0.25) is 0 Å². The molecule has 0 radical (unpaired) electrons. The molecule has 0 fully saturated rings. The minimum absolute atomic E-state index is 0.322. The molecular weight excluding hydrogens is 222 g/mol. The molecule has 0 amide bonds. The highest BCUT2D eigenvalue weighted by Gasteiger charge is 2.16. The fraction of sp³-hybridized carbons (Fsp3) is 0.500. The van der Waals surface area contributed by atoms with Gasteiger partial charge in [-0.15, -0.1) is 0 Å². The van der Waals surface area contributed by atoms with Crippen molar-refractivity contribution in [1.29, 1.82) is 0 Å². The lowest BCUT2D eigenvalue weighted by molar-refractivity contribution is -0.204. The normalized spacial score (nSPS) is 11.3. The lowest BCUT2D eigenvalue weighted by atomic mass is 10.2. The van der Waals surface area contributed by atoms with E-state index in [4.69, 9.17) is 9.47 Å². The fourth-order valence-electron chi connectivity index (χ4n) is 1.06. The highest BCUT2D eigenvalue weighted by atomic mass is 16.7. The Morgan fingerprint density at radius 1 is 1.35 bits per heavy atom. The zero-order chi connectivity index (χ0) is 12.9. The van der Waals surface area contributed by atoms with Gasteiger partial charge in [0.05, 0.1) is 25.0 Å². The third-order valence-corrected chi connectivity index (χ3v) is 2.31. The average Bonchev–Trinajstić information content (AvgIpc) is 2.36. The summed E-state index contributed by atoms with van der Waals surface area (Å²) in [4.78, 5) is 15.3. The van der Waals surface area contributed by atoms with E-state index >= 15 is 0 Å². The highest BCUT2D eigenvalue weighted by Crippen LogP contribution is 2.12. The summed E-state index contributed by atoms with van der Waals surface area (Å²) in [7, 11) is 2.91. The molecule has 0 aromatic carbocycles. The van der Waals surface area contributed by atoms with Crippen molar-refractivity contribution in [3.05, 3.63) is 29.6 Å². The van der Waals surface area contributed by atoms with Gasteiger partial charge in [-0.25, -0.2) is 4.79 Å². The smallest absolute Gasteiger partial charge is 0.339 e. The van der Waals surface area contributed by atoms with E-state index in [9.17, 15) is 4.79 Å². The monoisotopic (exact) mass is 239 g/mol. The summed E-state index contributed by atoms with van der Waals surface area (Å²) in [6, 6.07) is 3.37. The molecule has 0 spiro atoms. The molecule has 0 bridgehead atoms. The molecule has 0 saturated carbocycles. The third-order valence-electron chi connectivity index (χ3n) is 2.31. The zero-order valence-corrected chi connectivity index (χ0v) is 10.5. The molecule has 0 N–H and O–H groups in total.